The molecular weight excluding hydrogens is 362 g/mol. The molecule has 0 spiro atoms. The molecule has 0 unspecified atom stereocenters. The average Bonchev–Trinajstić information content (AvgIpc) is 3.21. The van der Waals surface area contributed by atoms with Gasteiger partial charge in [0.15, 0.2) is 11.3 Å². The number of carbonyl (C=O) groups is 1. The van der Waals surface area contributed by atoms with Gasteiger partial charge < -0.3 is 4.90 Å². The van der Waals surface area contributed by atoms with Crippen molar-refractivity contribution >= 4 is 44.7 Å². The zero-order valence-corrected chi connectivity index (χ0v) is 15.6. The van der Waals surface area contributed by atoms with Crippen molar-refractivity contribution in [1.82, 2.24) is 34.3 Å². The second kappa shape index (κ2) is 5.50. The number of hydrogen-bond donors (Lipinski definition) is 0. The van der Waals surface area contributed by atoms with Gasteiger partial charge in [-0.1, -0.05) is 11.6 Å². The molecule has 0 aromatic carbocycles. The van der Waals surface area contributed by atoms with Crippen molar-refractivity contribution in [3.8, 4) is 11.5 Å². The van der Waals surface area contributed by atoms with Crippen LogP contribution in [0.3, 0.4) is 0 Å². The predicted molar refractivity (Wildman–Crippen MR) is 96.1 cm³/mol. The van der Waals surface area contributed by atoms with Gasteiger partial charge in [-0.15, -0.1) is 16.4 Å². The largest absolute Gasteiger partial charge is 0.344 e. The van der Waals surface area contributed by atoms with E-state index < -0.39 is 0 Å². The quantitative estimate of drug-likeness (QED) is 0.537. The molecule has 0 aliphatic rings. The Bertz CT molecular complexity index is 1140. The van der Waals surface area contributed by atoms with Crippen LogP contribution in [0.2, 0.25) is 5.02 Å². The van der Waals surface area contributed by atoms with Gasteiger partial charge in [0.25, 0.3) is 5.91 Å². The van der Waals surface area contributed by atoms with E-state index in [1.807, 2.05) is 6.92 Å². The van der Waals surface area contributed by atoms with Gasteiger partial charge in [0.05, 0.1) is 15.3 Å². The highest BCUT2D eigenvalue weighted by atomic mass is 35.5. The summed E-state index contributed by atoms with van der Waals surface area (Å²) < 4.78 is 3.20. The van der Waals surface area contributed by atoms with Gasteiger partial charge >= 0.3 is 0 Å². The number of halogens is 1. The molecule has 128 valence electrons. The molecule has 4 aromatic heterocycles. The summed E-state index contributed by atoms with van der Waals surface area (Å²) in [7, 11) is 5.24. The van der Waals surface area contributed by atoms with Crippen LogP contribution in [0.25, 0.3) is 27.4 Å². The minimum Gasteiger partial charge on any atom is -0.344 e. The first-order chi connectivity index (χ1) is 11.9. The molecule has 0 aliphatic heterocycles. The first-order valence-electron chi connectivity index (χ1n) is 7.42. The van der Waals surface area contributed by atoms with Gasteiger partial charge in [-0.25, -0.2) is 14.5 Å². The summed E-state index contributed by atoms with van der Waals surface area (Å²) in [5.41, 5.74) is 2.00. The number of carbonyl (C=O) groups excluding carboxylic acids is 1. The van der Waals surface area contributed by atoms with Crippen LogP contribution in [0.1, 0.15) is 15.2 Å². The normalized spacial score (nSPS) is 11.6. The van der Waals surface area contributed by atoms with E-state index in [9.17, 15) is 4.79 Å². The van der Waals surface area contributed by atoms with Crippen molar-refractivity contribution in [1.29, 1.82) is 0 Å². The molecule has 0 atom stereocenters. The summed E-state index contributed by atoms with van der Waals surface area (Å²) in [6.07, 6.45) is 3.28. The van der Waals surface area contributed by atoms with E-state index in [0.717, 1.165) is 15.8 Å². The molecule has 4 rings (SSSR count). The molecule has 0 saturated heterocycles. The Morgan fingerprint density at radius 1 is 1.32 bits per heavy atom. The monoisotopic (exact) mass is 375 g/mol. The zero-order valence-electron chi connectivity index (χ0n) is 14.0. The maximum absolute atomic E-state index is 12.4. The Kier molecular flexibility index (Phi) is 3.51. The van der Waals surface area contributed by atoms with Crippen molar-refractivity contribution in [3.63, 3.8) is 0 Å². The molecule has 8 nitrogen and oxygen atoms in total. The third kappa shape index (κ3) is 2.38. The average molecular weight is 376 g/mol. The number of amides is 1. The predicted octanol–water partition coefficient (Wildman–Crippen LogP) is 2.40. The highest BCUT2D eigenvalue weighted by Gasteiger charge is 2.22. The fourth-order valence-electron chi connectivity index (χ4n) is 2.65. The van der Waals surface area contributed by atoms with E-state index in [2.05, 4.69) is 20.2 Å². The third-order valence-corrected chi connectivity index (χ3v) is 5.33. The van der Waals surface area contributed by atoms with Crippen LogP contribution in [0.5, 0.6) is 0 Å². The van der Waals surface area contributed by atoms with E-state index in [4.69, 9.17) is 11.6 Å². The molecule has 4 aromatic rings. The molecular formula is C15H14ClN7OS. The second-order valence-corrected chi connectivity index (χ2v) is 7.29. The lowest BCUT2D eigenvalue weighted by Crippen LogP contribution is -2.21. The molecule has 0 aliphatic carbocycles. The number of nitrogens with zero attached hydrogens (tertiary/aromatic N) is 7. The van der Waals surface area contributed by atoms with E-state index in [1.165, 1.54) is 11.3 Å². The Morgan fingerprint density at radius 3 is 2.72 bits per heavy atom. The van der Waals surface area contributed by atoms with Crippen molar-refractivity contribution in [2.45, 2.75) is 6.92 Å². The number of thiophene rings is 1. The Balaban J connectivity index is 1.97. The summed E-state index contributed by atoms with van der Waals surface area (Å²) in [5, 5.41) is 10.0. The van der Waals surface area contributed by atoms with Gasteiger partial charge in [0, 0.05) is 27.3 Å². The van der Waals surface area contributed by atoms with Crippen molar-refractivity contribution in [2.75, 3.05) is 14.1 Å². The summed E-state index contributed by atoms with van der Waals surface area (Å²) in [4.78, 5) is 24.4. The highest BCUT2D eigenvalue weighted by Crippen LogP contribution is 2.33. The number of aromatic nitrogens is 6. The minimum atomic E-state index is -0.0499. The van der Waals surface area contributed by atoms with Crippen LogP contribution >= 0.6 is 22.9 Å². The number of hydrogen-bond acceptors (Lipinski definition) is 6. The van der Waals surface area contributed by atoms with Gasteiger partial charge in [-0.05, 0) is 12.5 Å². The molecule has 0 bridgehead atoms. The van der Waals surface area contributed by atoms with E-state index in [1.54, 1.807) is 47.8 Å². The van der Waals surface area contributed by atoms with Crippen LogP contribution in [0.4, 0.5) is 0 Å². The zero-order chi connectivity index (χ0) is 17.9. The molecule has 1 amide bonds. The van der Waals surface area contributed by atoms with Crippen LogP contribution in [-0.2, 0) is 7.05 Å². The Labute approximate surface area is 151 Å². The molecule has 0 N–H and O–H groups in total. The van der Waals surface area contributed by atoms with Crippen LogP contribution in [0, 0.1) is 6.92 Å². The number of aryl methyl sites for hydroxylation is 2. The molecule has 10 heteroatoms. The standard InChI is InChI=1S/C15H14ClN7OS/c1-7-9-13-18-12(10-8(16)5-22(4)19-10)20-23(13)6-17-14(9)25-11(7)15(24)21(2)3/h5-6H,1-4H3. The molecule has 25 heavy (non-hydrogen) atoms. The fourth-order valence-corrected chi connectivity index (χ4v) is 4.08. The van der Waals surface area contributed by atoms with Crippen LogP contribution in [-0.4, -0.2) is 54.3 Å². The van der Waals surface area contributed by atoms with Crippen molar-refractivity contribution < 1.29 is 4.79 Å². The second-order valence-electron chi connectivity index (χ2n) is 5.88. The third-order valence-electron chi connectivity index (χ3n) is 3.86. The Hall–Kier alpha value is -2.52. The van der Waals surface area contributed by atoms with Crippen LogP contribution in [0.15, 0.2) is 12.5 Å². The van der Waals surface area contributed by atoms with E-state index >= 15 is 0 Å². The van der Waals surface area contributed by atoms with Gasteiger partial charge in [0.2, 0.25) is 5.82 Å². The maximum atomic E-state index is 12.4. The summed E-state index contributed by atoms with van der Waals surface area (Å²) in [6.45, 7) is 1.90. The van der Waals surface area contributed by atoms with Gasteiger partial charge in [-0.3, -0.25) is 9.48 Å². The summed E-state index contributed by atoms with van der Waals surface area (Å²) in [6, 6.07) is 0. The summed E-state index contributed by atoms with van der Waals surface area (Å²) in [5.74, 6) is 0.372. The lowest BCUT2D eigenvalue weighted by Gasteiger charge is -2.08. The maximum Gasteiger partial charge on any atom is 0.263 e. The molecule has 0 saturated carbocycles. The highest BCUT2D eigenvalue weighted by molar-refractivity contribution is 7.20. The summed E-state index contributed by atoms with van der Waals surface area (Å²) >= 11 is 7.56. The van der Waals surface area contributed by atoms with Gasteiger partial charge in [0.1, 0.15) is 11.2 Å². The van der Waals surface area contributed by atoms with Crippen LogP contribution < -0.4 is 0 Å². The van der Waals surface area contributed by atoms with E-state index in [0.29, 0.717) is 27.1 Å². The Morgan fingerprint density at radius 2 is 2.08 bits per heavy atom. The minimum absolute atomic E-state index is 0.0499. The first kappa shape index (κ1) is 16.0. The lowest BCUT2D eigenvalue weighted by atomic mass is 10.2. The SMILES string of the molecule is Cc1c(C(=O)N(C)C)sc2ncn3nc(-c4nn(C)cc4Cl)nc3c12. The van der Waals surface area contributed by atoms with Crippen molar-refractivity contribution in [2.24, 2.45) is 7.05 Å². The lowest BCUT2D eigenvalue weighted by molar-refractivity contribution is 0.0831. The molecule has 0 fully saturated rings. The smallest absolute Gasteiger partial charge is 0.263 e. The molecule has 4 heterocycles. The molecule has 0 radical (unpaired) electrons. The first-order valence-corrected chi connectivity index (χ1v) is 8.62. The van der Waals surface area contributed by atoms with Crippen molar-refractivity contribution in [3.05, 3.63) is 28.0 Å². The topological polar surface area (TPSA) is 81.2 Å². The fraction of sp³-hybridized carbons (Fsp3) is 0.267. The van der Waals surface area contributed by atoms with Gasteiger partial charge in [-0.2, -0.15) is 5.10 Å². The number of rotatable bonds is 2. The number of fused-ring (bicyclic) bond motifs is 3. The van der Waals surface area contributed by atoms with E-state index in [-0.39, 0.29) is 5.91 Å².